The van der Waals surface area contributed by atoms with Crippen LogP contribution in [-0.2, 0) is 24.0 Å². The molecule has 2 aliphatic carbocycles. The Bertz CT molecular complexity index is 1150. The maximum atomic E-state index is 13.8. The third-order valence-corrected chi connectivity index (χ3v) is 8.56. The van der Waals surface area contributed by atoms with Gasteiger partial charge in [-0.3, -0.25) is 24.0 Å². The molecule has 0 aromatic carbocycles. The number of fused-ring (bicyclic) bond motifs is 5. The fourth-order valence-electron chi connectivity index (χ4n) is 6.45. The highest BCUT2D eigenvalue weighted by molar-refractivity contribution is 5.96. The molecule has 13 heteroatoms. The van der Waals surface area contributed by atoms with E-state index in [2.05, 4.69) is 16.6 Å². The lowest BCUT2D eigenvalue weighted by Crippen LogP contribution is -2.61. The van der Waals surface area contributed by atoms with E-state index in [0.717, 1.165) is 6.42 Å². The third kappa shape index (κ3) is 5.33. The first kappa shape index (κ1) is 28.4. The Morgan fingerprint density at radius 3 is 2.44 bits per heavy atom. The summed E-state index contributed by atoms with van der Waals surface area (Å²) in [4.78, 5) is 64.8. The zero-order valence-electron chi connectivity index (χ0n) is 21.6. The molecule has 8 atom stereocenters. The zero-order valence-corrected chi connectivity index (χ0v) is 21.6. The molecule has 2 saturated heterocycles. The van der Waals surface area contributed by atoms with Crippen LogP contribution in [0.3, 0.4) is 0 Å². The predicted octanol–water partition coefficient (Wildman–Crippen LogP) is -0.162. The van der Waals surface area contributed by atoms with Crippen LogP contribution in [0.15, 0.2) is 12.2 Å². The Balaban J connectivity index is 1.63. The number of nitrogens with zero attached hydrogens (tertiary/aromatic N) is 1. The lowest BCUT2D eigenvalue weighted by atomic mass is 9.81. The second-order valence-electron chi connectivity index (χ2n) is 11.4. The van der Waals surface area contributed by atoms with Gasteiger partial charge in [-0.05, 0) is 56.8 Å². The van der Waals surface area contributed by atoms with Gasteiger partial charge in [0.2, 0.25) is 23.6 Å². The van der Waals surface area contributed by atoms with E-state index in [-0.39, 0.29) is 42.5 Å². The molecule has 0 spiro atoms. The Hall–Kier alpha value is -3.56. The quantitative estimate of drug-likeness (QED) is 0.244. The van der Waals surface area contributed by atoms with Gasteiger partial charge in [0.15, 0.2) is 0 Å². The topological polar surface area (TPSA) is 151 Å². The van der Waals surface area contributed by atoms with Crippen LogP contribution in [0, 0.1) is 47.3 Å². The highest BCUT2D eigenvalue weighted by Crippen LogP contribution is 2.54. The molecule has 212 valence electrons. The number of likely N-dealkylation sites (tertiary alicyclic amines) is 1. The van der Waals surface area contributed by atoms with E-state index >= 15 is 0 Å². The van der Waals surface area contributed by atoms with E-state index in [9.17, 15) is 37.1 Å². The van der Waals surface area contributed by atoms with Gasteiger partial charge in [-0.25, -0.2) is 0 Å². The molecule has 0 unspecified atom stereocenters. The molecule has 0 aromatic rings. The first-order valence-electron chi connectivity index (χ1n) is 12.9. The Morgan fingerprint density at radius 2 is 1.87 bits per heavy atom. The number of halogens is 3. The van der Waals surface area contributed by atoms with Crippen LogP contribution in [0.25, 0.3) is 0 Å². The fourth-order valence-corrected chi connectivity index (χ4v) is 6.45. The Morgan fingerprint density at radius 1 is 1.21 bits per heavy atom. The monoisotopic (exact) mass is 551 g/mol. The summed E-state index contributed by atoms with van der Waals surface area (Å²) in [6.07, 6.45) is 5.45. The molecule has 2 heterocycles. The summed E-state index contributed by atoms with van der Waals surface area (Å²) < 4.78 is 39.4. The van der Waals surface area contributed by atoms with Gasteiger partial charge in [0.05, 0.1) is 5.41 Å². The van der Waals surface area contributed by atoms with Crippen molar-refractivity contribution in [3.8, 4) is 12.3 Å². The molecule has 4 rings (SSSR count). The summed E-state index contributed by atoms with van der Waals surface area (Å²) in [5, 5.41) is 6.99. The number of terminal acetylenes is 1. The first-order chi connectivity index (χ1) is 18.2. The molecule has 4 aliphatic rings. The minimum absolute atomic E-state index is 0.0258. The van der Waals surface area contributed by atoms with E-state index in [1.165, 1.54) is 18.7 Å². The van der Waals surface area contributed by atoms with Crippen LogP contribution in [0.5, 0.6) is 0 Å². The molecule has 2 bridgehead atoms. The summed E-state index contributed by atoms with van der Waals surface area (Å²) in [5.74, 6) is -3.77. The second kappa shape index (κ2) is 10.2. The van der Waals surface area contributed by atoms with Crippen molar-refractivity contribution >= 4 is 29.5 Å². The summed E-state index contributed by atoms with van der Waals surface area (Å²) in [6, 6.07) is -4.11. The molecule has 39 heavy (non-hydrogen) atoms. The second-order valence-corrected chi connectivity index (χ2v) is 11.4. The Labute approximate surface area is 223 Å². The van der Waals surface area contributed by atoms with E-state index in [1.807, 2.05) is 12.2 Å². The van der Waals surface area contributed by atoms with Gasteiger partial charge >= 0.3 is 12.1 Å². The van der Waals surface area contributed by atoms with Crippen molar-refractivity contribution in [3.63, 3.8) is 0 Å². The number of hydrogen-bond acceptors (Lipinski definition) is 5. The maximum Gasteiger partial charge on any atom is 0.471 e. The number of primary amides is 1. The standard InChI is InChI=1S/C26H32F3N5O5/c1-4-25(2,3)19(33-24(39)26(27,28)29)23(38)34-11-15-12-5-6-13(9-12)17(15)18(34)22(37)32-16(20(30)35)10-14-7-8-31-21(14)36/h1,5-6,12-19H,7-11H2,2-3H3,(H2,30,35)(H,31,36)(H,32,37)(H,33,39)/t12-,13+,14+,15-,16+,17+,18+,19-/m1/s1. The molecule has 5 amide bonds. The number of allylic oxidation sites excluding steroid dienone is 2. The average molecular weight is 552 g/mol. The lowest BCUT2D eigenvalue weighted by molar-refractivity contribution is -0.176. The number of carbonyl (C=O) groups is 5. The predicted molar refractivity (Wildman–Crippen MR) is 131 cm³/mol. The molecule has 0 radical (unpaired) electrons. The smallest absolute Gasteiger partial charge is 0.368 e. The van der Waals surface area contributed by atoms with E-state index in [1.54, 1.807) is 5.32 Å². The number of amides is 5. The summed E-state index contributed by atoms with van der Waals surface area (Å²) in [7, 11) is 0. The average Bonchev–Trinajstić information content (AvgIpc) is 3.63. The van der Waals surface area contributed by atoms with Crippen LogP contribution in [0.2, 0.25) is 0 Å². The number of nitrogens with one attached hydrogen (secondary N) is 3. The van der Waals surface area contributed by atoms with Crippen LogP contribution in [-0.4, -0.2) is 71.8 Å². The normalized spacial score (nSPS) is 30.8. The van der Waals surface area contributed by atoms with Crippen LogP contribution >= 0.6 is 0 Å². The number of rotatable bonds is 8. The number of nitrogens with two attached hydrogens (primary N) is 1. The van der Waals surface area contributed by atoms with Gasteiger partial charge in [-0.2, -0.15) is 13.2 Å². The van der Waals surface area contributed by atoms with Crippen molar-refractivity contribution in [2.75, 3.05) is 13.1 Å². The third-order valence-electron chi connectivity index (χ3n) is 8.56. The van der Waals surface area contributed by atoms with Crippen molar-refractivity contribution < 1.29 is 37.1 Å². The van der Waals surface area contributed by atoms with Gasteiger partial charge < -0.3 is 26.6 Å². The minimum atomic E-state index is -5.26. The molecule has 3 fully saturated rings. The van der Waals surface area contributed by atoms with E-state index in [0.29, 0.717) is 13.0 Å². The summed E-state index contributed by atoms with van der Waals surface area (Å²) in [5.41, 5.74) is 4.01. The Kier molecular flexibility index (Phi) is 7.44. The van der Waals surface area contributed by atoms with Crippen molar-refractivity contribution in [3.05, 3.63) is 12.2 Å². The van der Waals surface area contributed by atoms with Crippen molar-refractivity contribution in [1.29, 1.82) is 0 Å². The van der Waals surface area contributed by atoms with Crippen molar-refractivity contribution in [2.24, 2.45) is 40.7 Å². The van der Waals surface area contributed by atoms with Crippen molar-refractivity contribution in [2.45, 2.75) is 57.4 Å². The minimum Gasteiger partial charge on any atom is -0.368 e. The zero-order chi connectivity index (χ0) is 28.9. The van der Waals surface area contributed by atoms with Crippen molar-refractivity contribution in [1.82, 2.24) is 20.9 Å². The van der Waals surface area contributed by atoms with Crippen LogP contribution in [0.4, 0.5) is 13.2 Å². The molecular formula is C26H32F3N5O5. The molecule has 5 N–H and O–H groups in total. The summed E-state index contributed by atoms with van der Waals surface area (Å²) >= 11 is 0. The fraction of sp³-hybridized carbons (Fsp3) is 0.654. The number of carbonyl (C=O) groups excluding carboxylic acids is 5. The van der Waals surface area contributed by atoms with Gasteiger partial charge in [0, 0.05) is 19.0 Å². The lowest BCUT2D eigenvalue weighted by Gasteiger charge is -2.36. The molecule has 10 nitrogen and oxygen atoms in total. The van der Waals surface area contributed by atoms with E-state index in [4.69, 9.17) is 12.2 Å². The van der Waals surface area contributed by atoms with E-state index < -0.39 is 59.3 Å². The van der Waals surface area contributed by atoms with Gasteiger partial charge in [-0.1, -0.05) is 18.1 Å². The molecule has 2 aliphatic heterocycles. The number of hydrogen-bond donors (Lipinski definition) is 4. The molecule has 0 aromatic heterocycles. The molecule has 1 saturated carbocycles. The SMILES string of the molecule is C#CC(C)(C)[C@H](NC(=O)C(F)(F)F)C(=O)N1C[C@H]2[C@@H]([C@H]1C(=O)N[C@@H](C[C@@H]1CCNC1=O)C(N)=O)[C@H]1C=C[C@@H]2C1. The maximum absolute atomic E-state index is 13.8. The highest BCUT2D eigenvalue weighted by Gasteiger charge is 2.59. The van der Waals surface area contributed by atoms with Crippen LogP contribution < -0.4 is 21.7 Å². The van der Waals surface area contributed by atoms with Gasteiger partial charge in [0.1, 0.15) is 18.1 Å². The molecular weight excluding hydrogens is 519 g/mol. The number of alkyl halides is 3. The largest absolute Gasteiger partial charge is 0.471 e. The summed E-state index contributed by atoms with van der Waals surface area (Å²) in [6.45, 7) is 3.19. The highest BCUT2D eigenvalue weighted by atomic mass is 19.4. The van der Waals surface area contributed by atoms with Gasteiger partial charge in [-0.15, -0.1) is 6.42 Å². The van der Waals surface area contributed by atoms with Gasteiger partial charge in [0.25, 0.3) is 0 Å². The van der Waals surface area contributed by atoms with Crippen LogP contribution in [0.1, 0.15) is 33.1 Å². The first-order valence-corrected chi connectivity index (χ1v) is 12.9.